The molecule has 5 aromatic rings. The highest BCUT2D eigenvalue weighted by molar-refractivity contribution is 5.96. The number of benzene rings is 2. The normalized spacial score (nSPS) is 13.1. The van der Waals surface area contributed by atoms with Gasteiger partial charge in [0, 0.05) is 35.1 Å². The second-order valence-electron chi connectivity index (χ2n) is 8.53. The Balaban J connectivity index is 1.35. The number of hydrogen-bond donors (Lipinski definition) is 0. The molecule has 0 atom stereocenters. The Labute approximate surface area is 197 Å². The summed E-state index contributed by atoms with van der Waals surface area (Å²) in [4.78, 5) is 6.97. The fourth-order valence-corrected chi connectivity index (χ4v) is 4.76. The number of aromatic nitrogens is 1. The first-order chi connectivity index (χ1) is 16.7. The summed E-state index contributed by atoms with van der Waals surface area (Å²) in [6.07, 6.45) is 10.6. The van der Waals surface area contributed by atoms with Crippen molar-refractivity contribution in [1.29, 1.82) is 0 Å². The molecule has 34 heavy (non-hydrogen) atoms. The number of para-hydroxylation sites is 1. The van der Waals surface area contributed by atoms with Crippen LogP contribution in [0.4, 0.5) is 17.2 Å². The SMILES string of the molecule is Cn1cc(-c2cccc(N(CN=Cc3coc4occc34)c3ccccc3)c2)c2c1[N+](C)=CC2. The first-order valence-corrected chi connectivity index (χ1v) is 11.3. The van der Waals surface area contributed by atoms with E-state index < -0.39 is 0 Å². The molecule has 0 spiro atoms. The van der Waals surface area contributed by atoms with Gasteiger partial charge in [-0.3, -0.25) is 4.99 Å². The summed E-state index contributed by atoms with van der Waals surface area (Å²) >= 11 is 0. The molecule has 0 aliphatic carbocycles. The lowest BCUT2D eigenvalue weighted by Crippen LogP contribution is -2.17. The van der Waals surface area contributed by atoms with Gasteiger partial charge in [-0.2, -0.15) is 0 Å². The number of furan rings is 2. The zero-order chi connectivity index (χ0) is 23.1. The first kappa shape index (κ1) is 20.3. The number of hydrogen-bond acceptors (Lipinski definition) is 4. The van der Waals surface area contributed by atoms with Crippen molar-refractivity contribution in [2.24, 2.45) is 12.0 Å². The van der Waals surface area contributed by atoms with Crippen LogP contribution in [0, 0.1) is 0 Å². The third kappa shape index (κ3) is 3.44. The lowest BCUT2D eigenvalue weighted by atomic mass is 10.0. The Hall–Kier alpha value is -4.32. The van der Waals surface area contributed by atoms with Crippen molar-refractivity contribution in [3.8, 4) is 11.1 Å². The molecule has 0 saturated heterocycles. The van der Waals surface area contributed by atoms with E-state index >= 15 is 0 Å². The number of nitrogens with zero attached hydrogens (tertiary/aromatic N) is 4. The fourth-order valence-electron chi connectivity index (χ4n) is 4.76. The van der Waals surface area contributed by atoms with Gasteiger partial charge in [0.05, 0.1) is 43.7 Å². The Kier molecular flexibility index (Phi) is 4.91. The van der Waals surface area contributed by atoms with Gasteiger partial charge in [-0.05, 0) is 35.9 Å². The quantitative estimate of drug-likeness (QED) is 0.231. The van der Waals surface area contributed by atoms with Crippen LogP contribution in [0.25, 0.3) is 22.3 Å². The minimum Gasteiger partial charge on any atom is -0.433 e. The van der Waals surface area contributed by atoms with Gasteiger partial charge in [-0.25, -0.2) is 9.14 Å². The molecule has 1 aliphatic rings. The molecule has 4 heterocycles. The average Bonchev–Trinajstić information content (AvgIpc) is 3.63. The largest absolute Gasteiger partial charge is 0.433 e. The Morgan fingerprint density at radius 1 is 1.06 bits per heavy atom. The summed E-state index contributed by atoms with van der Waals surface area (Å²) in [5.74, 6) is 1.78. The molecule has 6 heteroatoms. The molecule has 0 radical (unpaired) electrons. The summed E-state index contributed by atoms with van der Waals surface area (Å²) in [5, 5.41) is 0.928. The summed E-state index contributed by atoms with van der Waals surface area (Å²) in [7, 11) is 4.22. The highest BCUT2D eigenvalue weighted by Crippen LogP contribution is 2.37. The Bertz CT molecular complexity index is 1540. The van der Waals surface area contributed by atoms with Crippen LogP contribution in [-0.2, 0) is 13.5 Å². The second-order valence-corrected chi connectivity index (χ2v) is 8.53. The zero-order valence-electron chi connectivity index (χ0n) is 19.2. The summed E-state index contributed by atoms with van der Waals surface area (Å²) in [6, 6.07) is 20.9. The maximum atomic E-state index is 5.45. The van der Waals surface area contributed by atoms with Crippen molar-refractivity contribution in [3.63, 3.8) is 0 Å². The van der Waals surface area contributed by atoms with Gasteiger partial charge in [0.15, 0.2) is 0 Å². The van der Waals surface area contributed by atoms with E-state index in [9.17, 15) is 0 Å². The van der Waals surface area contributed by atoms with Crippen LogP contribution in [0.5, 0.6) is 0 Å². The third-order valence-electron chi connectivity index (χ3n) is 6.38. The highest BCUT2D eigenvalue weighted by atomic mass is 16.5. The summed E-state index contributed by atoms with van der Waals surface area (Å²) in [5.41, 5.74) is 6.94. The lowest BCUT2D eigenvalue weighted by Gasteiger charge is -2.23. The molecule has 2 aromatic carbocycles. The predicted octanol–water partition coefficient (Wildman–Crippen LogP) is 6.15. The van der Waals surface area contributed by atoms with Gasteiger partial charge in [-0.1, -0.05) is 30.3 Å². The second kappa shape index (κ2) is 8.23. The van der Waals surface area contributed by atoms with Gasteiger partial charge in [0.2, 0.25) is 0 Å². The van der Waals surface area contributed by atoms with Gasteiger partial charge in [-0.15, -0.1) is 0 Å². The monoisotopic (exact) mass is 449 g/mol. The van der Waals surface area contributed by atoms with E-state index in [1.54, 1.807) is 12.5 Å². The van der Waals surface area contributed by atoms with E-state index in [0.29, 0.717) is 12.4 Å². The Morgan fingerprint density at radius 2 is 1.91 bits per heavy atom. The highest BCUT2D eigenvalue weighted by Gasteiger charge is 2.27. The predicted molar refractivity (Wildman–Crippen MR) is 136 cm³/mol. The van der Waals surface area contributed by atoms with Crippen molar-refractivity contribution < 1.29 is 13.4 Å². The van der Waals surface area contributed by atoms with Crippen LogP contribution in [0.15, 0.2) is 93.2 Å². The van der Waals surface area contributed by atoms with Gasteiger partial charge >= 0.3 is 0 Å². The maximum Gasteiger partial charge on any atom is 0.297 e. The molecular weight excluding hydrogens is 424 g/mol. The number of fused-ring (bicyclic) bond motifs is 2. The van der Waals surface area contributed by atoms with E-state index in [1.165, 1.54) is 22.5 Å². The molecule has 6 nitrogen and oxygen atoms in total. The van der Waals surface area contributed by atoms with Crippen LogP contribution in [0.1, 0.15) is 11.1 Å². The molecule has 0 bridgehead atoms. The van der Waals surface area contributed by atoms with Crippen molar-refractivity contribution in [1.82, 2.24) is 4.57 Å². The molecule has 0 unspecified atom stereocenters. The average molecular weight is 450 g/mol. The number of aliphatic imine (C=N–C) groups is 1. The number of rotatable bonds is 6. The Morgan fingerprint density at radius 3 is 2.79 bits per heavy atom. The van der Waals surface area contributed by atoms with Crippen LogP contribution in [0.3, 0.4) is 0 Å². The van der Waals surface area contributed by atoms with Crippen LogP contribution < -0.4 is 4.90 Å². The molecule has 0 fully saturated rings. The molecular formula is C28H25N4O2+. The first-order valence-electron chi connectivity index (χ1n) is 11.3. The number of aryl methyl sites for hydroxylation is 1. The zero-order valence-corrected chi connectivity index (χ0v) is 19.2. The fraction of sp³-hybridized carbons (Fsp3) is 0.143. The standard InChI is InChI=1S/C28H25N4O2/c1-30-13-11-25-26(17-31(2)27(25)30)20-7-6-10-23(15-20)32(22-8-4-3-5-9-22)19-29-16-21-18-34-28-24(21)12-14-33-28/h3-10,12-18H,11,19H2,1-2H3/q+1. The smallest absolute Gasteiger partial charge is 0.297 e. The third-order valence-corrected chi connectivity index (χ3v) is 6.38. The van der Waals surface area contributed by atoms with Crippen LogP contribution in [-0.4, -0.2) is 35.3 Å². The molecule has 3 aromatic heterocycles. The van der Waals surface area contributed by atoms with E-state index in [-0.39, 0.29) is 0 Å². The van der Waals surface area contributed by atoms with Gasteiger partial charge in [0.1, 0.15) is 12.9 Å². The topological polar surface area (TPSA) is 49.8 Å². The number of anilines is 2. The van der Waals surface area contributed by atoms with Gasteiger partial charge < -0.3 is 13.7 Å². The maximum absolute atomic E-state index is 5.45. The van der Waals surface area contributed by atoms with Crippen LogP contribution >= 0.6 is 0 Å². The van der Waals surface area contributed by atoms with Crippen molar-refractivity contribution in [3.05, 3.63) is 90.5 Å². The molecule has 0 N–H and O–H groups in total. The van der Waals surface area contributed by atoms with Gasteiger partial charge in [0.25, 0.3) is 11.6 Å². The van der Waals surface area contributed by atoms with E-state index in [4.69, 9.17) is 13.8 Å². The van der Waals surface area contributed by atoms with E-state index in [1.807, 2.05) is 18.3 Å². The molecule has 1 aliphatic heterocycles. The summed E-state index contributed by atoms with van der Waals surface area (Å²) in [6.45, 7) is 0.474. The lowest BCUT2D eigenvalue weighted by molar-refractivity contribution is -0.403. The van der Waals surface area contributed by atoms with Crippen molar-refractivity contribution in [2.75, 3.05) is 18.6 Å². The molecule has 6 rings (SSSR count). The summed E-state index contributed by atoms with van der Waals surface area (Å²) < 4.78 is 15.2. The molecule has 0 saturated carbocycles. The van der Waals surface area contributed by atoms with Crippen molar-refractivity contribution >= 4 is 40.8 Å². The van der Waals surface area contributed by atoms with Crippen molar-refractivity contribution in [2.45, 2.75) is 6.42 Å². The van der Waals surface area contributed by atoms with Crippen LogP contribution in [0.2, 0.25) is 0 Å². The minimum atomic E-state index is 0.474. The minimum absolute atomic E-state index is 0.474. The van der Waals surface area contributed by atoms with E-state index in [2.05, 4.69) is 89.1 Å². The van der Waals surface area contributed by atoms with E-state index in [0.717, 1.165) is 28.7 Å². The molecule has 168 valence electrons. The molecule has 0 amide bonds.